The fraction of sp³-hybridized carbons (Fsp3) is 1.00. The van der Waals surface area contributed by atoms with Crippen molar-refractivity contribution in [1.29, 1.82) is 0 Å². The largest absolute Gasteiger partial charge is 0.391 e. The number of aliphatic hydroxyl groups excluding tert-OH is 1. The molecule has 0 aliphatic heterocycles. The van der Waals surface area contributed by atoms with Gasteiger partial charge in [-0.2, -0.15) is 0 Å². The van der Waals surface area contributed by atoms with E-state index in [1.165, 1.54) is 6.42 Å². The number of hydrogen-bond donors (Lipinski definition) is 1. The fourth-order valence-corrected chi connectivity index (χ4v) is 1.25. The minimum atomic E-state index is -0.330. The monoisotopic (exact) mass is 188 g/mol. The van der Waals surface area contributed by atoms with Gasteiger partial charge in [0.2, 0.25) is 0 Å². The summed E-state index contributed by atoms with van der Waals surface area (Å²) in [6.07, 6.45) is 5.25. The molecule has 0 saturated carbocycles. The van der Waals surface area contributed by atoms with Gasteiger partial charge in [-0.3, -0.25) is 0 Å². The van der Waals surface area contributed by atoms with Crippen LogP contribution in [0.25, 0.3) is 0 Å². The second-order valence-corrected chi connectivity index (χ2v) is 3.65. The van der Waals surface area contributed by atoms with E-state index in [9.17, 15) is 5.11 Å². The molecule has 2 unspecified atom stereocenters. The second kappa shape index (κ2) is 8.52. The van der Waals surface area contributed by atoms with Gasteiger partial charge in [0.1, 0.15) is 0 Å². The van der Waals surface area contributed by atoms with Crippen LogP contribution in [0.4, 0.5) is 0 Å². The van der Waals surface area contributed by atoms with E-state index in [2.05, 4.69) is 13.8 Å². The van der Waals surface area contributed by atoms with Gasteiger partial charge in [-0.25, -0.2) is 0 Å². The molecule has 2 atom stereocenters. The average molecular weight is 188 g/mol. The maximum atomic E-state index is 9.41. The van der Waals surface area contributed by atoms with Crippen LogP contribution in [0.5, 0.6) is 0 Å². The van der Waals surface area contributed by atoms with Crippen molar-refractivity contribution in [1.82, 2.24) is 0 Å². The van der Waals surface area contributed by atoms with Crippen LogP contribution in [0.15, 0.2) is 0 Å². The molecule has 0 aromatic carbocycles. The highest BCUT2D eigenvalue weighted by atomic mass is 16.5. The quantitative estimate of drug-likeness (QED) is 0.593. The Morgan fingerprint density at radius 1 is 1.15 bits per heavy atom. The summed E-state index contributed by atoms with van der Waals surface area (Å²) in [7, 11) is 0. The van der Waals surface area contributed by atoms with Crippen LogP contribution in [0.1, 0.15) is 52.9 Å². The molecule has 0 rings (SSSR count). The van der Waals surface area contributed by atoms with E-state index in [-0.39, 0.29) is 12.2 Å². The van der Waals surface area contributed by atoms with Crippen LogP contribution in [-0.2, 0) is 4.74 Å². The molecule has 0 aromatic rings. The van der Waals surface area contributed by atoms with Crippen molar-refractivity contribution in [2.75, 3.05) is 6.61 Å². The Kier molecular flexibility index (Phi) is 8.46. The molecule has 0 aliphatic carbocycles. The van der Waals surface area contributed by atoms with Crippen molar-refractivity contribution in [2.45, 2.75) is 65.1 Å². The summed E-state index contributed by atoms with van der Waals surface area (Å²) in [5.74, 6) is 0. The number of unbranched alkanes of at least 4 members (excludes halogenated alkanes) is 2. The summed E-state index contributed by atoms with van der Waals surface area (Å²) >= 11 is 0. The highest BCUT2D eigenvalue weighted by Crippen LogP contribution is 2.09. The molecule has 13 heavy (non-hydrogen) atoms. The maximum absolute atomic E-state index is 9.41. The molecule has 0 amide bonds. The van der Waals surface area contributed by atoms with Crippen molar-refractivity contribution in [2.24, 2.45) is 0 Å². The van der Waals surface area contributed by atoms with E-state index in [0.29, 0.717) is 0 Å². The van der Waals surface area contributed by atoms with Crippen LogP contribution in [-0.4, -0.2) is 23.9 Å². The van der Waals surface area contributed by atoms with Crippen molar-refractivity contribution in [3.63, 3.8) is 0 Å². The highest BCUT2D eigenvalue weighted by Gasteiger charge is 2.13. The van der Waals surface area contributed by atoms with Crippen molar-refractivity contribution in [3.8, 4) is 0 Å². The molecule has 0 fully saturated rings. The Labute approximate surface area is 82.3 Å². The van der Waals surface area contributed by atoms with E-state index >= 15 is 0 Å². The van der Waals surface area contributed by atoms with Gasteiger partial charge < -0.3 is 9.84 Å². The summed E-state index contributed by atoms with van der Waals surface area (Å²) in [6.45, 7) is 6.90. The third-order valence-corrected chi connectivity index (χ3v) is 2.21. The molecule has 2 nitrogen and oxygen atoms in total. The summed E-state index contributed by atoms with van der Waals surface area (Å²) in [5.41, 5.74) is 0. The lowest BCUT2D eigenvalue weighted by Gasteiger charge is -2.20. The summed E-state index contributed by atoms with van der Waals surface area (Å²) in [6, 6.07) is 0. The maximum Gasteiger partial charge on any atom is 0.0831 e. The number of hydrogen-bond acceptors (Lipinski definition) is 2. The zero-order valence-corrected chi connectivity index (χ0v) is 9.25. The average Bonchev–Trinajstić information content (AvgIpc) is 2.10. The third-order valence-electron chi connectivity index (χ3n) is 2.21. The highest BCUT2D eigenvalue weighted by molar-refractivity contribution is 4.64. The van der Waals surface area contributed by atoms with Gasteiger partial charge in [0.05, 0.1) is 12.2 Å². The molecule has 0 aromatic heterocycles. The van der Waals surface area contributed by atoms with E-state index in [4.69, 9.17) is 4.74 Å². The topological polar surface area (TPSA) is 29.5 Å². The predicted octanol–water partition coefficient (Wildman–Crippen LogP) is 2.74. The molecular weight excluding hydrogens is 164 g/mol. The van der Waals surface area contributed by atoms with Crippen LogP contribution < -0.4 is 0 Å². The number of rotatable bonds is 8. The van der Waals surface area contributed by atoms with Crippen molar-refractivity contribution in [3.05, 3.63) is 0 Å². The van der Waals surface area contributed by atoms with Gasteiger partial charge in [-0.15, -0.1) is 0 Å². The van der Waals surface area contributed by atoms with Crippen LogP contribution in [0.2, 0.25) is 0 Å². The van der Waals surface area contributed by atoms with Gasteiger partial charge in [-0.1, -0.05) is 33.1 Å². The Balaban J connectivity index is 3.54. The lowest BCUT2D eigenvalue weighted by atomic mass is 10.1. The van der Waals surface area contributed by atoms with Gasteiger partial charge in [-0.05, 0) is 19.8 Å². The summed E-state index contributed by atoms with van der Waals surface area (Å²) in [4.78, 5) is 0. The molecule has 0 heterocycles. The van der Waals surface area contributed by atoms with Crippen LogP contribution >= 0.6 is 0 Å². The molecule has 0 saturated heterocycles. The minimum absolute atomic E-state index is 0.0477. The van der Waals surface area contributed by atoms with Gasteiger partial charge in [0, 0.05) is 6.61 Å². The fourth-order valence-electron chi connectivity index (χ4n) is 1.25. The first-order valence-electron chi connectivity index (χ1n) is 5.52. The smallest absolute Gasteiger partial charge is 0.0831 e. The van der Waals surface area contributed by atoms with Gasteiger partial charge in [0.25, 0.3) is 0 Å². The molecule has 0 bridgehead atoms. The molecule has 0 spiro atoms. The number of aliphatic hydroxyl groups is 1. The lowest BCUT2D eigenvalue weighted by Crippen LogP contribution is -2.26. The zero-order chi connectivity index (χ0) is 10.1. The Bertz CT molecular complexity index is 102. The Hall–Kier alpha value is -0.0800. The SMILES string of the molecule is CCCCOC(CCCC)C(C)O. The minimum Gasteiger partial charge on any atom is -0.391 e. The molecule has 0 radical (unpaired) electrons. The first-order chi connectivity index (χ1) is 6.22. The second-order valence-electron chi connectivity index (χ2n) is 3.65. The number of ether oxygens (including phenoxy) is 1. The molecule has 80 valence electrons. The van der Waals surface area contributed by atoms with E-state index in [1.54, 1.807) is 0 Å². The molecular formula is C11H24O2. The standard InChI is InChI=1S/C11H24O2/c1-4-6-8-11(10(3)12)13-9-7-5-2/h10-12H,4-9H2,1-3H3. The molecule has 2 heteroatoms. The first-order valence-corrected chi connectivity index (χ1v) is 5.52. The molecule has 0 aliphatic rings. The van der Waals surface area contributed by atoms with Gasteiger partial charge in [0.15, 0.2) is 0 Å². The summed E-state index contributed by atoms with van der Waals surface area (Å²) < 4.78 is 5.60. The predicted molar refractivity (Wildman–Crippen MR) is 55.9 cm³/mol. The van der Waals surface area contributed by atoms with Gasteiger partial charge >= 0.3 is 0 Å². The van der Waals surface area contributed by atoms with E-state index in [1.807, 2.05) is 6.92 Å². The Morgan fingerprint density at radius 3 is 2.23 bits per heavy atom. The zero-order valence-electron chi connectivity index (χ0n) is 9.25. The molecule has 1 N–H and O–H groups in total. The third kappa shape index (κ3) is 7.03. The van der Waals surface area contributed by atoms with Crippen LogP contribution in [0, 0.1) is 0 Å². The lowest BCUT2D eigenvalue weighted by molar-refractivity contribution is -0.0352. The summed E-state index contributed by atoms with van der Waals surface area (Å²) in [5, 5.41) is 9.41. The van der Waals surface area contributed by atoms with E-state index in [0.717, 1.165) is 32.3 Å². The van der Waals surface area contributed by atoms with Crippen LogP contribution in [0.3, 0.4) is 0 Å². The Morgan fingerprint density at radius 2 is 1.77 bits per heavy atom. The van der Waals surface area contributed by atoms with E-state index < -0.39 is 0 Å². The van der Waals surface area contributed by atoms with Crippen molar-refractivity contribution >= 4 is 0 Å². The van der Waals surface area contributed by atoms with Crippen molar-refractivity contribution < 1.29 is 9.84 Å². The normalized spacial score (nSPS) is 15.7. The first kappa shape index (κ1) is 12.9.